The van der Waals surface area contributed by atoms with Crippen molar-refractivity contribution < 1.29 is 4.79 Å². The Hall–Kier alpha value is -0.840. The Labute approximate surface area is 91.0 Å². The standard InChI is InChI=1S/C9H12BrN3O/c1-12-4-7(2-9(12)14)5-13-6-8(10)3-11-13/h3,6-7H,2,4-5H2,1H3. The van der Waals surface area contributed by atoms with Gasteiger partial charge in [-0.25, -0.2) is 0 Å². The monoisotopic (exact) mass is 257 g/mol. The number of aromatic nitrogens is 2. The minimum Gasteiger partial charge on any atom is -0.345 e. The van der Waals surface area contributed by atoms with E-state index in [0.717, 1.165) is 17.6 Å². The number of carbonyl (C=O) groups excluding carboxylic acids is 1. The van der Waals surface area contributed by atoms with Crippen LogP contribution in [0.1, 0.15) is 6.42 Å². The van der Waals surface area contributed by atoms with Gasteiger partial charge in [-0.2, -0.15) is 5.10 Å². The molecular formula is C9H12BrN3O. The van der Waals surface area contributed by atoms with Gasteiger partial charge in [0.2, 0.25) is 5.91 Å². The highest BCUT2D eigenvalue weighted by Gasteiger charge is 2.26. The van der Waals surface area contributed by atoms with E-state index in [1.165, 1.54) is 0 Å². The molecule has 1 aromatic heterocycles. The Bertz CT molecular complexity index is 350. The van der Waals surface area contributed by atoms with Crippen molar-refractivity contribution in [1.29, 1.82) is 0 Å². The minimum absolute atomic E-state index is 0.237. The summed E-state index contributed by atoms with van der Waals surface area (Å²) in [5.74, 6) is 0.639. The molecule has 76 valence electrons. The lowest BCUT2D eigenvalue weighted by atomic mass is 10.1. The molecule has 0 spiro atoms. The molecule has 0 bridgehead atoms. The van der Waals surface area contributed by atoms with Crippen LogP contribution in [0.25, 0.3) is 0 Å². The molecule has 0 aromatic carbocycles. The molecule has 4 nitrogen and oxygen atoms in total. The third-order valence-electron chi connectivity index (χ3n) is 2.47. The van der Waals surface area contributed by atoms with Crippen molar-refractivity contribution in [3.63, 3.8) is 0 Å². The molecule has 1 unspecified atom stereocenters. The van der Waals surface area contributed by atoms with Gasteiger partial charge in [-0.05, 0) is 15.9 Å². The van der Waals surface area contributed by atoms with Crippen LogP contribution in [-0.4, -0.2) is 34.2 Å². The SMILES string of the molecule is CN1CC(Cn2cc(Br)cn2)CC1=O. The van der Waals surface area contributed by atoms with E-state index in [1.54, 1.807) is 11.1 Å². The van der Waals surface area contributed by atoms with Crippen molar-refractivity contribution >= 4 is 21.8 Å². The quantitative estimate of drug-likeness (QED) is 0.797. The smallest absolute Gasteiger partial charge is 0.222 e. The lowest BCUT2D eigenvalue weighted by molar-refractivity contribution is -0.126. The van der Waals surface area contributed by atoms with Gasteiger partial charge < -0.3 is 4.90 Å². The lowest BCUT2D eigenvalue weighted by Crippen LogP contribution is -2.20. The summed E-state index contributed by atoms with van der Waals surface area (Å²) in [5, 5.41) is 4.17. The fourth-order valence-corrected chi connectivity index (χ4v) is 2.11. The van der Waals surface area contributed by atoms with Gasteiger partial charge in [0.05, 0.1) is 10.7 Å². The molecule has 0 saturated carbocycles. The molecule has 1 amide bonds. The Kier molecular flexibility index (Phi) is 2.58. The average Bonchev–Trinajstić information content (AvgIpc) is 2.62. The van der Waals surface area contributed by atoms with E-state index in [4.69, 9.17) is 0 Å². The number of rotatable bonds is 2. The van der Waals surface area contributed by atoms with Crippen LogP contribution < -0.4 is 0 Å². The summed E-state index contributed by atoms with van der Waals surface area (Å²) < 4.78 is 2.86. The van der Waals surface area contributed by atoms with E-state index in [-0.39, 0.29) is 5.91 Å². The summed E-state index contributed by atoms with van der Waals surface area (Å²) >= 11 is 3.34. The van der Waals surface area contributed by atoms with Crippen molar-refractivity contribution in [1.82, 2.24) is 14.7 Å². The second-order valence-corrected chi connectivity index (χ2v) is 4.64. The zero-order valence-electron chi connectivity index (χ0n) is 7.98. The zero-order chi connectivity index (χ0) is 10.1. The van der Waals surface area contributed by atoms with E-state index in [9.17, 15) is 4.79 Å². The van der Waals surface area contributed by atoms with E-state index in [1.807, 2.05) is 17.9 Å². The Balaban J connectivity index is 1.96. The second-order valence-electron chi connectivity index (χ2n) is 3.73. The van der Waals surface area contributed by atoms with Crippen LogP contribution in [0.15, 0.2) is 16.9 Å². The van der Waals surface area contributed by atoms with Crippen LogP contribution in [0.3, 0.4) is 0 Å². The molecule has 0 radical (unpaired) electrons. The summed E-state index contributed by atoms with van der Waals surface area (Å²) in [6.45, 7) is 1.66. The average molecular weight is 258 g/mol. The predicted molar refractivity (Wildman–Crippen MR) is 55.7 cm³/mol. The summed E-state index contributed by atoms with van der Waals surface area (Å²) in [6, 6.07) is 0. The number of halogens is 1. The van der Waals surface area contributed by atoms with Crippen molar-refractivity contribution in [2.24, 2.45) is 5.92 Å². The highest BCUT2D eigenvalue weighted by Crippen LogP contribution is 2.18. The zero-order valence-corrected chi connectivity index (χ0v) is 9.57. The number of carbonyl (C=O) groups is 1. The summed E-state index contributed by atoms with van der Waals surface area (Å²) in [4.78, 5) is 13.0. The molecule has 5 heteroatoms. The molecule has 0 N–H and O–H groups in total. The molecule has 1 aliphatic rings. The Morgan fingerprint density at radius 3 is 3.00 bits per heavy atom. The van der Waals surface area contributed by atoms with Crippen LogP contribution in [0, 0.1) is 5.92 Å². The van der Waals surface area contributed by atoms with Gasteiger partial charge in [-0.1, -0.05) is 0 Å². The Morgan fingerprint density at radius 1 is 1.71 bits per heavy atom. The molecule has 1 fully saturated rings. The molecule has 1 aliphatic heterocycles. The van der Waals surface area contributed by atoms with Gasteiger partial charge in [-0.3, -0.25) is 9.48 Å². The number of likely N-dealkylation sites (tertiary alicyclic amines) is 1. The first-order valence-corrected chi connectivity index (χ1v) is 5.36. The first-order valence-electron chi connectivity index (χ1n) is 4.57. The minimum atomic E-state index is 0.237. The number of nitrogens with zero attached hydrogens (tertiary/aromatic N) is 3. The van der Waals surface area contributed by atoms with Crippen LogP contribution in [0.4, 0.5) is 0 Å². The van der Waals surface area contributed by atoms with Gasteiger partial charge in [0.15, 0.2) is 0 Å². The molecule has 2 rings (SSSR count). The summed E-state index contributed by atoms with van der Waals surface area (Å²) in [5.41, 5.74) is 0. The molecule has 0 aliphatic carbocycles. The molecule has 1 atom stereocenters. The third-order valence-corrected chi connectivity index (χ3v) is 2.88. The van der Waals surface area contributed by atoms with Crippen molar-refractivity contribution in [2.45, 2.75) is 13.0 Å². The Morgan fingerprint density at radius 2 is 2.50 bits per heavy atom. The van der Waals surface area contributed by atoms with E-state index >= 15 is 0 Å². The first-order chi connectivity index (χ1) is 6.65. The van der Waals surface area contributed by atoms with E-state index < -0.39 is 0 Å². The molecule has 2 heterocycles. The van der Waals surface area contributed by atoms with Gasteiger partial charge >= 0.3 is 0 Å². The van der Waals surface area contributed by atoms with Crippen LogP contribution >= 0.6 is 15.9 Å². The highest BCUT2D eigenvalue weighted by atomic mass is 79.9. The lowest BCUT2D eigenvalue weighted by Gasteiger charge is -2.09. The van der Waals surface area contributed by atoms with Gasteiger partial charge in [-0.15, -0.1) is 0 Å². The fourth-order valence-electron chi connectivity index (χ4n) is 1.78. The van der Waals surface area contributed by atoms with Gasteiger partial charge in [0, 0.05) is 38.7 Å². The molecule has 1 saturated heterocycles. The first kappa shape index (κ1) is 9.71. The summed E-state index contributed by atoms with van der Waals surface area (Å²) in [7, 11) is 1.85. The fraction of sp³-hybridized carbons (Fsp3) is 0.556. The summed E-state index contributed by atoms with van der Waals surface area (Å²) in [6.07, 6.45) is 4.34. The van der Waals surface area contributed by atoms with Crippen molar-refractivity contribution in [3.05, 3.63) is 16.9 Å². The normalized spacial score (nSPS) is 22.0. The maximum absolute atomic E-state index is 11.3. The van der Waals surface area contributed by atoms with Crippen LogP contribution in [0.5, 0.6) is 0 Å². The highest BCUT2D eigenvalue weighted by molar-refractivity contribution is 9.10. The third kappa shape index (κ3) is 1.97. The number of amides is 1. The topological polar surface area (TPSA) is 38.1 Å². The van der Waals surface area contributed by atoms with Crippen LogP contribution in [-0.2, 0) is 11.3 Å². The second kappa shape index (κ2) is 3.73. The van der Waals surface area contributed by atoms with E-state index in [2.05, 4.69) is 21.0 Å². The van der Waals surface area contributed by atoms with Crippen molar-refractivity contribution in [2.75, 3.05) is 13.6 Å². The van der Waals surface area contributed by atoms with Crippen molar-refractivity contribution in [3.8, 4) is 0 Å². The number of hydrogen-bond acceptors (Lipinski definition) is 2. The van der Waals surface area contributed by atoms with Crippen LogP contribution in [0.2, 0.25) is 0 Å². The maximum atomic E-state index is 11.3. The van der Waals surface area contributed by atoms with Gasteiger partial charge in [0.1, 0.15) is 0 Å². The molecule has 14 heavy (non-hydrogen) atoms. The predicted octanol–water partition coefficient (Wildman–Crippen LogP) is 1.12. The largest absolute Gasteiger partial charge is 0.345 e. The van der Waals surface area contributed by atoms with E-state index in [0.29, 0.717) is 12.3 Å². The molecular weight excluding hydrogens is 246 g/mol. The van der Waals surface area contributed by atoms with Gasteiger partial charge in [0.25, 0.3) is 0 Å². The number of hydrogen-bond donors (Lipinski definition) is 0. The maximum Gasteiger partial charge on any atom is 0.222 e. The molecule has 1 aromatic rings.